The zero-order valence-electron chi connectivity index (χ0n) is 10.8. The molecule has 0 atom stereocenters. The first-order valence-corrected chi connectivity index (χ1v) is 6.08. The lowest BCUT2D eigenvalue weighted by Crippen LogP contribution is -2.03. The van der Waals surface area contributed by atoms with Crippen LogP contribution in [0.1, 0.15) is 5.56 Å². The van der Waals surface area contributed by atoms with Gasteiger partial charge in [-0.3, -0.25) is 0 Å². The minimum Gasteiger partial charge on any atom is -0.491 e. The Hall–Kier alpha value is -1.80. The summed E-state index contributed by atoms with van der Waals surface area (Å²) in [5.74, 6) is 0.878. The maximum atomic E-state index is 5.53. The lowest BCUT2D eigenvalue weighted by Gasteiger charge is -2.07. The summed E-state index contributed by atoms with van der Waals surface area (Å²) in [6, 6.07) is 16.7. The van der Waals surface area contributed by atoms with Crippen molar-refractivity contribution in [2.24, 2.45) is 0 Å². The molecule has 0 heterocycles. The van der Waals surface area contributed by atoms with Crippen molar-refractivity contribution < 1.29 is 9.47 Å². The molecule has 2 aromatic carbocycles. The summed E-state index contributed by atoms with van der Waals surface area (Å²) in [5, 5.41) is 0. The highest BCUT2D eigenvalue weighted by molar-refractivity contribution is 5.64. The Morgan fingerprint density at radius 3 is 1.89 bits per heavy atom. The van der Waals surface area contributed by atoms with Crippen LogP contribution in [-0.4, -0.2) is 20.3 Å². The van der Waals surface area contributed by atoms with Crippen LogP contribution in [0.15, 0.2) is 48.5 Å². The first kappa shape index (κ1) is 12.7. The van der Waals surface area contributed by atoms with Crippen molar-refractivity contribution >= 4 is 0 Å². The summed E-state index contributed by atoms with van der Waals surface area (Å²) in [5.41, 5.74) is 3.71. The van der Waals surface area contributed by atoms with Crippen LogP contribution in [0.3, 0.4) is 0 Å². The molecule has 0 spiro atoms. The van der Waals surface area contributed by atoms with E-state index in [4.69, 9.17) is 9.47 Å². The molecule has 0 amide bonds. The summed E-state index contributed by atoms with van der Waals surface area (Å²) >= 11 is 0. The molecule has 0 radical (unpaired) electrons. The van der Waals surface area contributed by atoms with Crippen molar-refractivity contribution in [2.75, 3.05) is 20.3 Å². The van der Waals surface area contributed by atoms with E-state index in [1.165, 1.54) is 16.7 Å². The molecule has 0 aliphatic rings. The van der Waals surface area contributed by atoms with Gasteiger partial charge in [0.25, 0.3) is 0 Å². The van der Waals surface area contributed by atoms with Crippen LogP contribution in [0.2, 0.25) is 0 Å². The monoisotopic (exact) mass is 242 g/mol. The molecule has 2 rings (SSSR count). The maximum Gasteiger partial charge on any atom is 0.119 e. The van der Waals surface area contributed by atoms with Gasteiger partial charge in [0.2, 0.25) is 0 Å². The smallest absolute Gasteiger partial charge is 0.119 e. The Bertz CT molecular complexity index is 471. The Morgan fingerprint density at radius 2 is 1.33 bits per heavy atom. The molecule has 2 aromatic rings. The van der Waals surface area contributed by atoms with Gasteiger partial charge in [0.15, 0.2) is 0 Å². The molecule has 94 valence electrons. The zero-order chi connectivity index (χ0) is 12.8. The summed E-state index contributed by atoms with van der Waals surface area (Å²) in [6.45, 7) is 3.29. The van der Waals surface area contributed by atoms with Gasteiger partial charge in [-0.1, -0.05) is 42.0 Å². The Labute approximate surface area is 108 Å². The number of methoxy groups -OCH3 is 1. The minimum atomic E-state index is 0.584. The molecule has 0 saturated heterocycles. The van der Waals surface area contributed by atoms with Crippen molar-refractivity contribution in [3.05, 3.63) is 54.1 Å². The Morgan fingerprint density at radius 1 is 0.778 bits per heavy atom. The number of aryl methyl sites for hydroxylation is 1. The van der Waals surface area contributed by atoms with E-state index in [2.05, 4.69) is 43.3 Å². The highest BCUT2D eigenvalue weighted by atomic mass is 16.5. The molecule has 0 aromatic heterocycles. The first-order chi connectivity index (χ1) is 8.79. The van der Waals surface area contributed by atoms with Crippen molar-refractivity contribution in [1.29, 1.82) is 0 Å². The molecule has 2 heteroatoms. The Kier molecular flexibility index (Phi) is 4.37. The number of hydrogen-bond acceptors (Lipinski definition) is 2. The van der Waals surface area contributed by atoms with Crippen molar-refractivity contribution in [1.82, 2.24) is 0 Å². The van der Waals surface area contributed by atoms with Gasteiger partial charge in [-0.25, -0.2) is 0 Å². The minimum absolute atomic E-state index is 0.584. The third-order valence-corrected chi connectivity index (χ3v) is 2.80. The molecule has 2 nitrogen and oxygen atoms in total. The van der Waals surface area contributed by atoms with Gasteiger partial charge < -0.3 is 9.47 Å². The van der Waals surface area contributed by atoms with E-state index in [0.29, 0.717) is 13.2 Å². The average Bonchev–Trinajstić information content (AvgIpc) is 2.41. The first-order valence-electron chi connectivity index (χ1n) is 6.08. The SMILES string of the molecule is COCCOc1ccc(-c2ccc(C)cc2)cc1. The maximum absolute atomic E-state index is 5.53. The van der Waals surface area contributed by atoms with Crippen molar-refractivity contribution in [3.63, 3.8) is 0 Å². The molecule has 0 fully saturated rings. The quantitative estimate of drug-likeness (QED) is 0.744. The largest absolute Gasteiger partial charge is 0.491 e. The number of rotatable bonds is 5. The van der Waals surface area contributed by atoms with Gasteiger partial charge >= 0.3 is 0 Å². The molecular formula is C16H18O2. The zero-order valence-corrected chi connectivity index (χ0v) is 10.8. The summed E-state index contributed by atoms with van der Waals surface area (Å²) in [6.07, 6.45) is 0. The van der Waals surface area contributed by atoms with E-state index >= 15 is 0 Å². The van der Waals surface area contributed by atoms with E-state index in [1.54, 1.807) is 7.11 Å². The van der Waals surface area contributed by atoms with Gasteiger partial charge in [0.05, 0.1) is 6.61 Å². The summed E-state index contributed by atoms with van der Waals surface area (Å²) in [4.78, 5) is 0. The van der Waals surface area contributed by atoms with E-state index in [0.717, 1.165) is 5.75 Å². The number of benzene rings is 2. The average molecular weight is 242 g/mol. The van der Waals surface area contributed by atoms with E-state index in [-0.39, 0.29) is 0 Å². The molecule has 0 N–H and O–H groups in total. The standard InChI is InChI=1S/C16H18O2/c1-13-3-5-14(6-4-13)15-7-9-16(10-8-15)18-12-11-17-2/h3-10H,11-12H2,1-2H3. The lowest BCUT2D eigenvalue weighted by atomic mass is 10.0. The molecule has 0 bridgehead atoms. The van der Waals surface area contributed by atoms with Gasteiger partial charge in [-0.2, -0.15) is 0 Å². The normalized spacial score (nSPS) is 10.3. The van der Waals surface area contributed by atoms with Crippen LogP contribution in [0, 0.1) is 6.92 Å². The predicted octanol–water partition coefficient (Wildman–Crippen LogP) is 3.69. The van der Waals surface area contributed by atoms with Crippen molar-refractivity contribution in [3.8, 4) is 16.9 Å². The van der Waals surface area contributed by atoms with Gasteiger partial charge in [-0.05, 0) is 30.2 Å². The molecule has 0 aliphatic carbocycles. The number of hydrogen-bond donors (Lipinski definition) is 0. The predicted molar refractivity (Wildman–Crippen MR) is 74.0 cm³/mol. The lowest BCUT2D eigenvalue weighted by molar-refractivity contribution is 0.146. The van der Waals surface area contributed by atoms with Crippen LogP contribution in [-0.2, 0) is 4.74 Å². The molecule has 0 saturated carbocycles. The fourth-order valence-electron chi connectivity index (χ4n) is 1.73. The van der Waals surface area contributed by atoms with Gasteiger partial charge in [-0.15, -0.1) is 0 Å². The molecule has 18 heavy (non-hydrogen) atoms. The second-order valence-electron chi connectivity index (χ2n) is 4.23. The highest BCUT2D eigenvalue weighted by Gasteiger charge is 1.98. The molecule has 0 unspecified atom stereocenters. The fraction of sp³-hybridized carbons (Fsp3) is 0.250. The number of ether oxygens (including phenoxy) is 2. The van der Waals surface area contributed by atoms with Gasteiger partial charge in [0, 0.05) is 7.11 Å². The van der Waals surface area contributed by atoms with Crippen LogP contribution in [0.25, 0.3) is 11.1 Å². The van der Waals surface area contributed by atoms with Crippen LogP contribution in [0.5, 0.6) is 5.75 Å². The fourth-order valence-corrected chi connectivity index (χ4v) is 1.73. The van der Waals surface area contributed by atoms with Crippen LogP contribution < -0.4 is 4.74 Å². The van der Waals surface area contributed by atoms with E-state index < -0.39 is 0 Å². The molecular weight excluding hydrogens is 224 g/mol. The highest BCUT2D eigenvalue weighted by Crippen LogP contribution is 2.22. The summed E-state index contributed by atoms with van der Waals surface area (Å²) < 4.78 is 10.5. The van der Waals surface area contributed by atoms with Crippen LogP contribution >= 0.6 is 0 Å². The third kappa shape index (κ3) is 3.34. The van der Waals surface area contributed by atoms with E-state index in [9.17, 15) is 0 Å². The van der Waals surface area contributed by atoms with Gasteiger partial charge in [0.1, 0.15) is 12.4 Å². The van der Waals surface area contributed by atoms with E-state index in [1.807, 2.05) is 12.1 Å². The van der Waals surface area contributed by atoms with Crippen LogP contribution in [0.4, 0.5) is 0 Å². The second kappa shape index (κ2) is 6.22. The van der Waals surface area contributed by atoms with Crippen molar-refractivity contribution in [2.45, 2.75) is 6.92 Å². The second-order valence-corrected chi connectivity index (χ2v) is 4.23. The third-order valence-electron chi connectivity index (χ3n) is 2.80. The summed E-state index contributed by atoms with van der Waals surface area (Å²) in [7, 11) is 1.67. The topological polar surface area (TPSA) is 18.5 Å². The molecule has 0 aliphatic heterocycles. The Balaban J connectivity index is 2.05.